The number of hydrogen-bond acceptors (Lipinski definition) is 4. The molecule has 27 heavy (non-hydrogen) atoms. The van der Waals surface area contributed by atoms with Crippen LogP contribution in [-0.2, 0) is 20.6 Å². The van der Waals surface area contributed by atoms with E-state index in [1.807, 2.05) is 0 Å². The number of benzene rings is 2. The topological polar surface area (TPSA) is 75.3 Å². The van der Waals surface area contributed by atoms with Crippen LogP contribution in [0.4, 0.5) is 4.39 Å². The molecule has 5 nitrogen and oxygen atoms in total. The van der Waals surface area contributed by atoms with Gasteiger partial charge in [0, 0.05) is 36.0 Å². The molecule has 0 saturated carbocycles. The quantitative estimate of drug-likeness (QED) is 0.567. The summed E-state index contributed by atoms with van der Waals surface area (Å²) in [4.78, 5) is 11.8. The van der Waals surface area contributed by atoms with Gasteiger partial charge in [-0.2, -0.15) is 11.8 Å². The van der Waals surface area contributed by atoms with Crippen molar-refractivity contribution in [2.45, 2.75) is 17.1 Å². The first kappa shape index (κ1) is 21.7. The van der Waals surface area contributed by atoms with Crippen molar-refractivity contribution >= 4 is 39.3 Å². The summed E-state index contributed by atoms with van der Waals surface area (Å²) in [6, 6.07) is 12.5. The van der Waals surface area contributed by atoms with Gasteiger partial charge in [-0.3, -0.25) is 4.79 Å². The van der Waals surface area contributed by atoms with Gasteiger partial charge in [0.25, 0.3) is 0 Å². The molecule has 0 bridgehead atoms. The van der Waals surface area contributed by atoms with E-state index in [9.17, 15) is 17.6 Å². The second-order valence-electron chi connectivity index (χ2n) is 5.60. The van der Waals surface area contributed by atoms with Crippen LogP contribution in [0.5, 0.6) is 0 Å². The van der Waals surface area contributed by atoms with Crippen molar-refractivity contribution in [3.63, 3.8) is 0 Å². The summed E-state index contributed by atoms with van der Waals surface area (Å²) < 4.78 is 40.0. The van der Waals surface area contributed by atoms with Crippen LogP contribution in [0.1, 0.15) is 12.0 Å². The molecular formula is C18H20ClFN2O3S2. The highest BCUT2D eigenvalue weighted by Crippen LogP contribution is 2.15. The molecule has 0 atom stereocenters. The van der Waals surface area contributed by atoms with Gasteiger partial charge < -0.3 is 5.32 Å². The first-order valence-electron chi connectivity index (χ1n) is 8.21. The maximum atomic E-state index is 13.5. The second kappa shape index (κ2) is 10.7. The van der Waals surface area contributed by atoms with Crippen LogP contribution in [0.25, 0.3) is 0 Å². The van der Waals surface area contributed by atoms with Crippen LogP contribution in [0.3, 0.4) is 0 Å². The Labute approximate surface area is 167 Å². The average Bonchev–Trinajstić information content (AvgIpc) is 2.63. The lowest BCUT2D eigenvalue weighted by atomic mass is 10.2. The van der Waals surface area contributed by atoms with E-state index in [4.69, 9.17) is 11.6 Å². The van der Waals surface area contributed by atoms with Gasteiger partial charge >= 0.3 is 0 Å². The fourth-order valence-corrected chi connectivity index (χ4v) is 4.34. The van der Waals surface area contributed by atoms with Crippen molar-refractivity contribution in [3.8, 4) is 0 Å². The Hall–Kier alpha value is -1.61. The standard InChI is InChI=1S/C18H20ClFN2O3S2/c19-15-5-3-6-16(12-15)27(24,25)22-9-8-18(23)21-10-11-26-13-14-4-1-2-7-17(14)20/h1-7,12,22H,8-11,13H2,(H,21,23). The maximum Gasteiger partial charge on any atom is 0.240 e. The summed E-state index contributed by atoms with van der Waals surface area (Å²) in [5.41, 5.74) is 0.629. The fourth-order valence-electron chi connectivity index (χ4n) is 2.16. The molecule has 0 aliphatic heterocycles. The van der Waals surface area contributed by atoms with Crippen LogP contribution in [0.2, 0.25) is 5.02 Å². The zero-order valence-electron chi connectivity index (χ0n) is 14.5. The molecule has 0 radical (unpaired) electrons. The second-order valence-corrected chi connectivity index (χ2v) is 8.91. The highest BCUT2D eigenvalue weighted by atomic mass is 35.5. The molecule has 9 heteroatoms. The lowest BCUT2D eigenvalue weighted by Crippen LogP contribution is -2.31. The molecule has 2 aromatic rings. The Balaban J connectivity index is 1.63. The van der Waals surface area contributed by atoms with Gasteiger partial charge in [0.1, 0.15) is 5.82 Å². The summed E-state index contributed by atoms with van der Waals surface area (Å²) in [6.07, 6.45) is 0.0256. The van der Waals surface area contributed by atoms with E-state index in [0.717, 1.165) is 0 Å². The number of amides is 1. The van der Waals surface area contributed by atoms with Gasteiger partial charge in [0.2, 0.25) is 15.9 Å². The number of sulfonamides is 1. The highest BCUT2D eigenvalue weighted by molar-refractivity contribution is 7.98. The first-order chi connectivity index (χ1) is 12.9. The first-order valence-corrected chi connectivity index (χ1v) is 11.2. The molecule has 1 amide bonds. The van der Waals surface area contributed by atoms with Gasteiger partial charge in [-0.1, -0.05) is 35.9 Å². The predicted octanol–water partition coefficient (Wildman–Crippen LogP) is 3.20. The monoisotopic (exact) mass is 430 g/mol. The molecule has 2 aromatic carbocycles. The molecule has 146 valence electrons. The lowest BCUT2D eigenvalue weighted by Gasteiger charge is -2.08. The minimum Gasteiger partial charge on any atom is -0.355 e. The molecule has 0 aliphatic carbocycles. The number of halogens is 2. The van der Waals surface area contributed by atoms with Gasteiger partial charge in [-0.15, -0.1) is 0 Å². The molecule has 0 spiro atoms. The van der Waals surface area contributed by atoms with Crippen molar-refractivity contribution in [3.05, 3.63) is 64.9 Å². The summed E-state index contributed by atoms with van der Waals surface area (Å²) >= 11 is 7.30. The molecule has 0 saturated heterocycles. The van der Waals surface area contributed by atoms with Crippen molar-refractivity contribution in [1.29, 1.82) is 0 Å². The lowest BCUT2D eigenvalue weighted by molar-refractivity contribution is -0.120. The summed E-state index contributed by atoms with van der Waals surface area (Å²) in [6.45, 7) is 0.419. The Bertz CT molecular complexity index is 878. The van der Waals surface area contributed by atoms with Crippen molar-refractivity contribution in [1.82, 2.24) is 10.0 Å². The highest BCUT2D eigenvalue weighted by Gasteiger charge is 2.14. The summed E-state index contributed by atoms with van der Waals surface area (Å²) in [5.74, 6) is 0.673. The van der Waals surface area contributed by atoms with E-state index in [-0.39, 0.29) is 29.6 Å². The number of carbonyl (C=O) groups is 1. The van der Waals surface area contributed by atoms with E-state index in [0.29, 0.717) is 28.6 Å². The molecule has 0 unspecified atom stereocenters. The van der Waals surface area contributed by atoms with Gasteiger partial charge in [-0.25, -0.2) is 17.5 Å². The van der Waals surface area contributed by atoms with E-state index >= 15 is 0 Å². The van der Waals surface area contributed by atoms with Crippen LogP contribution in [0, 0.1) is 5.82 Å². The zero-order chi connectivity index (χ0) is 19.7. The Morgan fingerprint density at radius 1 is 1.11 bits per heavy atom. The molecule has 2 N–H and O–H groups in total. The summed E-state index contributed by atoms with van der Waals surface area (Å²) in [7, 11) is -3.70. The Kier molecular flexibility index (Phi) is 8.56. The van der Waals surface area contributed by atoms with Gasteiger partial charge in [-0.05, 0) is 29.8 Å². The molecule has 2 rings (SSSR count). The summed E-state index contributed by atoms with van der Waals surface area (Å²) in [5, 5.41) is 3.03. The Morgan fingerprint density at radius 3 is 2.63 bits per heavy atom. The third kappa shape index (κ3) is 7.50. The number of thioether (sulfide) groups is 1. The molecular weight excluding hydrogens is 411 g/mol. The van der Waals surface area contributed by atoms with Crippen LogP contribution < -0.4 is 10.0 Å². The van der Waals surface area contributed by atoms with Crippen LogP contribution in [-0.4, -0.2) is 33.2 Å². The van der Waals surface area contributed by atoms with E-state index in [1.165, 1.54) is 30.0 Å². The third-order valence-electron chi connectivity index (χ3n) is 3.53. The maximum absolute atomic E-state index is 13.5. The van der Waals surface area contributed by atoms with E-state index in [2.05, 4.69) is 10.0 Å². The third-order valence-corrected chi connectivity index (χ3v) is 6.24. The van der Waals surface area contributed by atoms with Crippen LogP contribution >= 0.6 is 23.4 Å². The number of carbonyl (C=O) groups excluding carboxylic acids is 1. The number of hydrogen-bond donors (Lipinski definition) is 2. The van der Waals surface area contributed by atoms with E-state index in [1.54, 1.807) is 30.3 Å². The van der Waals surface area contributed by atoms with Crippen molar-refractivity contribution < 1.29 is 17.6 Å². The number of rotatable bonds is 10. The average molecular weight is 431 g/mol. The number of nitrogens with one attached hydrogen (secondary N) is 2. The van der Waals surface area contributed by atoms with Crippen molar-refractivity contribution in [2.75, 3.05) is 18.8 Å². The van der Waals surface area contributed by atoms with E-state index < -0.39 is 10.0 Å². The largest absolute Gasteiger partial charge is 0.355 e. The SMILES string of the molecule is O=C(CCNS(=O)(=O)c1cccc(Cl)c1)NCCSCc1ccccc1F. The molecule has 0 heterocycles. The fraction of sp³-hybridized carbons (Fsp3) is 0.278. The van der Waals surface area contributed by atoms with Gasteiger partial charge in [0.05, 0.1) is 4.90 Å². The normalized spacial score (nSPS) is 11.3. The minimum atomic E-state index is -3.70. The molecule has 0 fully saturated rings. The van der Waals surface area contributed by atoms with Crippen LogP contribution in [0.15, 0.2) is 53.4 Å². The smallest absolute Gasteiger partial charge is 0.240 e. The predicted molar refractivity (Wildman–Crippen MR) is 107 cm³/mol. The van der Waals surface area contributed by atoms with Gasteiger partial charge in [0.15, 0.2) is 0 Å². The molecule has 0 aromatic heterocycles. The molecule has 0 aliphatic rings. The Morgan fingerprint density at radius 2 is 1.89 bits per heavy atom. The minimum absolute atomic E-state index is 0.0109. The van der Waals surface area contributed by atoms with Crippen molar-refractivity contribution in [2.24, 2.45) is 0 Å². The zero-order valence-corrected chi connectivity index (χ0v) is 16.8.